The number of thiazole rings is 1. The van der Waals surface area contributed by atoms with E-state index in [-0.39, 0.29) is 12.3 Å². The number of esters is 1. The molecule has 0 spiro atoms. The van der Waals surface area contributed by atoms with Crippen LogP contribution in [0.5, 0.6) is 0 Å². The van der Waals surface area contributed by atoms with Gasteiger partial charge in [0.05, 0.1) is 10.6 Å². The predicted molar refractivity (Wildman–Crippen MR) is 93.7 cm³/mol. The van der Waals surface area contributed by atoms with Crippen molar-refractivity contribution in [3.63, 3.8) is 0 Å². The van der Waals surface area contributed by atoms with Crippen LogP contribution in [0.2, 0.25) is 0 Å². The third-order valence-electron chi connectivity index (χ3n) is 3.31. The van der Waals surface area contributed by atoms with Crippen LogP contribution in [-0.2, 0) is 11.3 Å². The minimum Gasteiger partial charge on any atom is -0.453 e. The highest BCUT2D eigenvalue weighted by Crippen LogP contribution is 2.28. The van der Waals surface area contributed by atoms with Crippen LogP contribution in [0.3, 0.4) is 0 Å². The number of rotatable bonds is 5. The molecule has 4 rings (SSSR count). The zero-order valence-corrected chi connectivity index (χ0v) is 14.4. The minimum atomic E-state index is -0.498. The lowest BCUT2D eigenvalue weighted by Gasteiger charge is -2.04. The maximum Gasteiger partial charge on any atom is 0.358 e. The van der Waals surface area contributed by atoms with Gasteiger partial charge in [0.25, 0.3) is 0 Å². The molecule has 0 aliphatic heterocycles. The van der Waals surface area contributed by atoms with Gasteiger partial charge in [0.15, 0.2) is 18.1 Å². The zero-order valence-electron chi connectivity index (χ0n) is 12.8. The van der Waals surface area contributed by atoms with Crippen LogP contribution in [0.15, 0.2) is 53.2 Å². The Bertz CT molecular complexity index is 979. The number of thiophene rings is 1. The van der Waals surface area contributed by atoms with E-state index in [0.29, 0.717) is 5.82 Å². The van der Waals surface area contributed by atoms with E-state index in [1.807, 2.05) is 47.8 Å². The molecule has 0 bridgehead atoms. The van der Waals surface area contributed by atoms with E-state index < -0.39 is 5.97 Å². The molecule has 3 heterocycles. The first-order chi connectivity index (χ1) is 12.3. The Morgan fingerprint density at radius 2 is 2.00 bits per heavy atom. The molecule has 0 unspecified atom stereocenters. The van der Waals surface area contributed by atoms with Gasteiger partial charge >= 0.3 is 5.97 Å². The van der Waals surface area contributed by atoms with Gasteiger partial charge in [-0.1, -0.05) is 24.3 Å². The molecule has 0 saturated heterocycles. The SMILES string of the molecule is O=C(OCc1nnnn1-c1ccccc1)c1csc(-c2cccs2)n1. The van der Waals surface area contributed by atoms with Crippen molar-refractivity contribution in [2.45, 2.75) is 6.61 Å². The molecule has 25 heavy (non-hydrogen) atoms. The molecule has 7 nitrogen and oxygen atoms in total. The number of carbonyl (C=O) groups excluding carboxylic acids is 1. The van der Waals surface area contributed by atoms with Crippen molar-refractivity contribution in [1.29, 1.82) is 0 Å². The van der Waals surface area contributed by atoms with Gasteiger partial charge in [-0.15, -0.1) is 27.8 Å². The van der Waals surface area contributed by atoms with Gasteiger partial charge in [-0.05, 0) is 34.0 Å². The number of hydrogen-bond acceptors (Lipinski definition) is 8. The van der Waals surface area contributed by atoms with Gasteiger partial charge in [-0.25, -0.2) is 9.78 Å². The van der Waals surface area contributed by atoms with Gasteiger partial charge in [0, 0.05) is 5.38 Å². The van der Waals surface area contributed by atoms with Crippen molar-refractivity contribution in [3.8, 4) is 15.6 Å². The molecule has 1 aromatic carbocycles. The van der Waals surface area contributed by atoms with E-state index in [4.69, 9.17) is 4.74 Å². The fourth-order valence-electron chi connectivity index (χ4n) is 2.15. The second-order valence-electron chi connectivity index (χ2n) is 4.93. The van der Waals surface area contributed by atoms with E-state index in [0.717, 1.165) is 15.6 Å². The van der Waals surface area contributed by atoms with Crippen molar-refractivity contribution in [2.75, 3.05) is 0 Å². The molecular weight excluding hydrogens is 358 g/mol. The van der Waals surface area contributed by atoms with Crippen LogP contribution in [-0.4, -0.2) is 31.2 Å². The summed E-state index contributed by atoms with van der Waals surface area (Å²) in [7, 11) is 0. The lowest BCUT2D eigenvalue weighted by Crippen LogP contribution is -2.10. The summed E-state index contributed by atoms with van der Waals surface area (Å²) in [6, 6.07) is 13.3. The van der Waals surface area contributed by atoms with Crippen LogP contribution in [0.25, 0.3) is 15.6 Å². The van der Waals surface area contributed by atoms with Crippen LogP contribution in [0.4, 0.5) is 0 Å². The number of carbonyl (C=O) groups is 1. The molecule has 0 aliphatic carbocycles. The molecule has 0 fully saturated rings. The Morgan fingerprint density at radius 3 is 2.80 bits per heavy atom. The Labute approximate surface area is 150 Å². The number of tetrazole rings is 1. The standard InChI is InChI=1S/C16H11N5O2S2/c22-16(12-10-25-15(17-12)13-7-4-8-24-13)23-9-14-18-19-20-21(14)11-5-2-1-3-6-11/h1-8,10H,9H2. The van der Waals surface area contributed by atoms with Crippen LogP contribution < -0.4 is 0 Å². The third kappa shape index (κ3) is 3.32. The van der Waals surface area contributed by atoms with Gasteiger partial charge in [0.2, 0.25) is 0 Å². The van der Waals surface area contributed by atoms with Crippen molar-refractivity contribution in [3.05, 3.63) is 64.7 Å². The normalized spacial score (nSPS) is 10.7. The molecule has 0 amide bonds. The number of hydrogen-bond donors (Lipinski definition) is 0. The number of para-hydroxylation sites is 1. The largest absolute Gasteiger partial charge is 0.453 e. The smallest absolute Gasteiger partial charge is 0.358 e. The van der Waals surface area contributed by atoms with Crippen molar-refractivity contribution >= 4 is 28.6 Å². The summed E-state index contributed by atoms with van der Waals surface area (Å²) < 4.78 is 6.84. The highest BCUT2D eigenvalue weighted by Gasteiger charge is 2.16. The average Bonchev–Trinajstić information content (AvgIpc) is 3.41. The third-order valence-corrected chi connectivity index (χ3v) is 5.19. The van der Waals surface area contributed by atoms with E-state index >= 15 is 0 Å². The average molecular weight is 369 g/mol. The molecule has 0 radical (unpaired) electrons. The van der Waals surface area contributed by atoms with Crippen molar-refractivity contribution in [2.24, 2.45) is 0 Å². The second kappa shape index (κ2) is 6.91. The van der Waals surface area contributed by atoms with Gasteiger partial charge < -0.3 is 4.74 Å². The Kier molecular flexibility index (Phi) is 4.32. The van der Waals surface area contributed by atoms with Gasteiger partial charge in [-0.2, -0.15) is 4.68 Å². The summed E-state index contributed by atoms with van der Waals surface area (Å²) >= 11 is 2.99. The number of aromatic nitrogens is 5. The van der Waals surface area contributed by atoms with Crippen molar-refractivity contribution < 1.29 is 9.53 Å². The van der Waals surface area contributed by atoms with E-state index in [9.17, 15) is 4.79 Å². The monoisotopic (exact) mass is 369 g/mol. The fourth-order valence-corrected chi connectivity index (χ4v) is 3.75. The Morgan fingerprint density at radius 1 is 1.12 bits per heavy atom. The van der Waals surface area contributed by atoms with Crippen LogP contribution >= 0.6 is 22.7 Å². The van der Waals surface area contributed by atoms with Gasteiger partial charge in [0.1, 0.15) is 5.01 Å². The molecular formula is C16H11N5O2S2. The molecule has 4 aromatic rings. The van der Waals surface area contributed by atoms with E-state index in [1.54, 1.807) is 16.7 Å². The highest BCUT2D eigenvalue weighted by atomic mass is 32.1. The lowest BCUT2D eigenvalue weighted by molar-refractivity contribution is 0.0453. The first kappa shape index (κ1) is 15.6. The van der Waals surface area contributed by atoms with Crippen LogP contribution in [0.1, 0.15) is 16.3 Å². The summed E-state index contributed by atoms with van der Waals surface area (Å²) in [5.41, 5.74) is 1.08. The summed E-state index contributed by atoms with van der Waals surface area (Å²) in [5, 5.41) is 16.0. The summed E-state index contributed by atoms with van der Waals surface area (Å²) in [6.45, 7) is -0.0351. The highest BCUT2D eigenvalue weighted by molar-refractivity contribution is 7.20. The van der Waals surface area contributed by atoms with Crippen LogP contribution in [0, 0.1) is 0 Å². The molecule has 124 valence electrons. The van der Waals surface area contributed by atoms with Crippen molar-refractivity contribution in [1.82, 2.24) is 25.2 Å². The summed E-state index contributed by atoms with van der Waals surface area (Å²) in [4.78, 5) is 17.6. The fraction of sp³-hybridized carbons (Fsp3) is 0.0625. The molecule has 9 heteroatoms. The quantitative estimate of drug-likeness (QED) is 0.502. The first-order valence-corrected chi connectivity index (χ1v) is 9.06. The predicted octanol–water partition coefficient (Wildman–Crippen LogP) is 3.20. The van der Waals surface area contributed by atoms with Gasteiger partial charge in [-0.3, -0.25) is 0 Å². The summed E-state index contributed by atoms with van der Waals surface area (Å²) in [5.74, 6) is -0.0603. The maximum absolute atomic E-state index is 12.2. The molecule has 3 aromatic heterocycles. The molecule has 0 atom stereocenters. The summed E-state index contributed by atoms with van der Waals surface area (Å²) in [6.07, 6.45) is 0. The zero-order chi connectivity index (χ0) is 17.1. The minimum absolute atomic E-state index is 0.0351. The topological polar surface area (TPSA) is 82.8 Å². The molecule has 0 saturated carbocycles. The Hall–Kier alpha value is -2.91. The first-order valence-electron chi connectivity index (χ1n) is 7.30. The number of nitrogens with zero attached hydrogens (tertiary/aromatic N) is 5. The molecule has 0 aliphatic rings. The Balaban J connectivity index is 1.46. The van der Waals surface area contributed by atoms with E-state index in [2.05, 4.69) is 20.5 Å². The number of ether oxygens (including phenoxy) is 1. The molecule has 0 N–H and O–H groups in total. The lowest BCUT2D eigenvalue weighted by atomic mass is 10.3. The maximum atomic E-state index is 12.2. The number of benzene rings is 1. The second-order valence-corrected chi connectivity index (χ2v) is 6.74. The van der Waals surface area contributed by atoms with E-state index in [1.165, 1.54) is 16.0 Å².